The zero-order valence-electron chi connectivity index (χ0n) is 13.9. The van der Waals surface area contributed by atoms with Crippen LogP contribution in [-0.4, -0.2) is 9.91 Å². The SMILES string of the molecule is C[C@H](NC(c1ccncc1)c1cccc([N+](=O)[O-])c1)c1ccccc1. The van der Waals surface area contributed by atoms with Crippen molar-refractivity contribution >= 4 is 5.69 Å². The number of nitrogens with one attached hydrogen (secondary N) is 1. The first kappa shape index (κ1) is 16.8. The van der Waals surface area contributed by atoms with Crippen LogP contribution in [0.3, 0.4) is 0 Å². The van der Waals surface area contributed by atoms with E-state index in [4.69, 9.17) is 0 Å². The second kappa shape index (κ2) is 7.68. The third-order valence-electron chi connectivity index (χ3n) is 4.17. The van der Waals surface area contributed by atoms with E-state index in [0.29, 0.717) is 0 Å². The molecular weight excluding hydrogens is 314 g/mol. The molecule has 2 atom stereocenters. The summed E-state index contributed by atoms with van der Waals surface area (Å²) in [7, 11) is 0. The van der Waals surface area contributed by atoms with Crippen molar-refractivity contribution in [2.45, 2.75) is 19.0 Å². The van der Waals surface area contributed by atoms with Crippen LogP contribution in [0.25, 0.3) is 0 Å². The number of nitrogens with zero attached hydrogens (tertiary/aromatic N) is 2. The van der Waals surface area contributed by atoms with Crippen molar-refractivity contribution in [2.75, 3.05) is 0 Å². The summed E-state index contributed by atoms with van der Waals surface area (Å²) < 4.78 is 0. The number of hydrogen-bond acceptors (Lipinski definition) is 4. The maximum absolute atomic E-state index is 11.1. The number of nitro benzene ring substituents is 1. The summed E-state index contributed by atoms with van der Waals surface area (Å²) in [4.78, 5) is 14.8. The molecule has 5 heteroatoms. The van der Waals surface area contributed by atoms with Crippen molar-refractivity contribution in [1.82, 2.24) is 10.3 Å². The van der Waals surface area contributed by atoms with E-state index in [0.717, 1.165) is 16.7 Å². The highest BCUT2D eigenvalue weighted by atomic mass is 16.6. The lowest BCUT2D eigenvalue weighted by Crippen LogP contribution is -2.25. The molecule has 1 heterocycles. The van der Waals surface area contributed by atoms with Crippen molar-refractivity contribution < 1.29 is 4.92 Å². The summed E-state index contributed by atoms with van der Waals surface area (Å²) >= 11 is 0. The van der Waals surface area contributed by atoms with Crippen molar-refractivity contribution in [3.05, 3.63) is 106 Å². The number of rotatable bonds is 6. The molecule has 0 amide bonds. The van der Waals surface area contributed by atoms with Crippen LogP contribution in [0, 0.1) is 10.1 Å². The molecule has 5 nitrogen and oxygen atoms in total. The summed E-state index contributed by atoms with van der Waals surface area (Å²) in [5, 5.41) is 14.7. The minimum atomic E-state index is -0.367. The molecule has 25 heavy (non-hydrogen) atoms. The Kier molecular flexibility index (Phi) is 5.16. The zero-order chi connectivity index (χ0) is 17.6. The van der Waals surface area contributed by atoms with Crippen LogP contribution in [-0.2, 0) is 0 Å². The van der Waals surface area contributed by atoms with Gasteiger partial charge in [-0.25, -0.2) is 0 Å². The van der Waals surface area contributed by atoms with Gasteiger partial charge in [-0.2, -0.15) is 0 Å². The summed E-state index contributed by atoms with van der Waals surface area (Å²) in [5.41, 5.74) is 3.11. The maximum atomic E-state index is 11.1. The summed E-state index contributed by atoms with van der Waals surface area (Å²) in [6, 6.07) is 20.6. The van der Waals surface area contributed by atoms with Crippen LogP contribution in [0.2, 0.25) is 0 Å². The van der Waals surface area contributed by atoms with Gasteiger partial charge in [0.2, 0.25) is 0 Å². The van der Waals surface area contributed by atoms with Crippen LogP contribution in [0.5, 0.6) is 0 Å². The van der Waals surface area contributed by atoms with E-state index in [1.165, 1.54) is 6.07 Å². The fraction of sp³-hybridized carbons (Fsp3) is 0.150. The van der Waals surface area contributed by atoms with Gasteiger partial charge in [-0.05, 0) is 35.7 Å². The third kappa shape index (κ3) is 4.08. The molecule has 126 valence electrons. The predicted molar refractivity (Wildman–Crippen MR) is 97.2 cm³/mol. The minimum Gasteiger partial charge on any atom is -0.300 e. The highest BCUT2D eigenvalue weighted by molar-refractivity contribution is 5.40. The first-order valence-corrected chi connectivity index (χ1v) is 8.10. The first-order valence-electron chi connectivity index (χ1n) is 8.10. The monoisotopic (exact) mass is 333 g/mol. The third-order valence-corrected chi connectivity index (χ3v) is 4.17. The Hall–Kier alpha value is -3.05. The summed E-state index contributed by atoms with van der Waals surface area (Å²) in [6.07, 6.45) is 3.46. The van der Waals surface area contributed by atoms with Crippen molar-refractivity contribution in [1.29, 1.82) is 0 Å². The van der Waals surface area contributed by atoms with Gasteiger partial charge in [0.05, 0.1) is 11.0 Å². The molecule has 0 aliphatic carbocycles. The highest BCUT2D eigenvalue weighted by Gasteiger charge is 2.19. The number of nitro groups is 1. The predicted octanol–water partition coefficient (Wildman–Crippen LogP) is 4.43. The average molecular weight is 333 g/mol. The molecule has 0 aliphatic heterocycles. The molecule has 3 rings (SSSR count). The van der Waals surface area contributed by atoms with Crippen molar-refractivity contribution in [3.63, 3.8) is 0 Å². The number of non-ortho nitro benzene ring substituents is 1. The normalized spacial score (nSPS) is 13.2. The number of hydrogen-bond donors (Lipinski definition) is 1. The fourth-order valence-electron chi connectivity index (χ4n) is 2.85. The smallest absolute Gasteiger partial charge is 0.269 e. The van der Waals surface area contributed by atoms with E-state index in [9.17, 15) is 10.1 Å². The van der Waals surface area contributed by atoms with Crippen LogP contribution >= 0.6 is 0 Å². The molecule has 0 radical (unpaired) electrons. The summed E-state index contributed by atoms with van der Waals surface area (Å²) in [6.45, 7) is 2.08. The average Bonchev–Trinajstić information content (AvgIpc) is 2.67. The Labute approximate surface area is 146 Å². The van der Waals surface area contributed by atoms with Gasteiger partial charge < -0.3 is 0 Å². The Morgan fingerprint density at radius 3 is 2.28 bits per heavy atom. The van der Waals surface area contributed by atoms with Gasteiger partial charge in [0.25, 0.3) is 5.69 Å². The molecule has 0 fully saturated rings. The topological polar surface area (TPSA) is 68.1 Å². The maximum Gasteiger partial charge on any atom is 0.269 e. The fourth-order valence-corrected chi connectivity index (χ4v) is 2.85. The Bertz CT molecular complexity index is 838. The molecule has 1 aromatic heterocycles. The molecule has 0 aliphatic rings. The summed E-state index contributed by atoms with van der Waals surface area (Å²) in [5.74, 6) is 0. The molecule has 2 aromatic carbocycles. The largest absolute Gasteiger partial charge is 0.300 e. The lowest BCUT2D eigenvalue weighted by atomic mass is 9.97. The van der Waals surface area contributed by atoms with Crippen LogP contribution in [0.1, 0.15) is 35.7 Å². The van der Waals surface area contributed by atoms with Crippen LogP contribution < -0.4 is 5.32 Å². The molecule has 3 aromatic rings. The zero-order valence-corrected chi connectivity index (χ0v) is 13.9. The van der Waals surface area contributed by atoms with E-state index < -0.39 is 0 Å². The quantitative estimate of drug-likeness (QED) is 0.535. The van der Waals surface area contributed by atoms with Gasteiger partial charge >= 0.3 is 0 Å². The van der Waals surface area contributed by atoms with Gasteiger partial charge in [-0.1, -0.05) is 42.5 Å². The van der Waals surface area contributed by atoms with E-state index >= 15 is 0 Å². The first-order chi connectivity index (χ1) is 12.1. The van der Waals surface area contributed by atoms with Gasteiger partial charge in [-0.3, -0.25) is 20.4 Å². The van der Waals surface area contributed by atoms with Gasteiger partial charge in [0.15, 0.2) is 0 Å². The lowest BCUT2D eigenvalue weighted by molar-refractivity contribution is -0.384. The Morgan fingerprint density at radius 2 is 1.60 bits per heavy atom. The van der Waals surface area contributed by atoms with Gasteiger partial charge in [0.1, 0.15) is 0 Å². The van der Waals surface area contributed by atoms with Crippen molar-refractivity contribution in [2.24, 2.45) is 0 Å². The Balaban J connectivity index is 1.96. The minimum absolute atomic E-state index is 0.0821. The van der Waals surface area contributed by atoms with Crippen LogP contribution in [0.4, 0.5) is 5.69 Å². The number of aromatic nitrogens is 1. The lowest BCUT2D eigenvalue weighted by Gasteiger charge is -2.24. The van der Waals surface area contributed by atoms with Gasteiger partial charge in [-0.15, -0.1) is 0 Å². The van der Waals surface area contributed by atoms with E-state index in [-0.39, 0.29) is 22.7 Å². The van der Waals surface area contributed by atoms with E-state index in [1.54, 1.807) is 24.5 Å². The molecule has 1 N–H and O–H groups in total. The van der Waals surface area contributed by atoms with Gasteiger partial charge in [0, 0.05) is 30.6 Å². The highest BCUT2D eigenvalue weighted by Crippen LogP contribution is 2.28. The molecular formula is C20H19N3O2. The molecule has 0 saturated carbocycles. The second-order valence-corrected chi connectivity index (χ2v) is 5.86. The number of pyridine rings is 1. The second-order valence-electron chi connectivity index (χ2n) is 5.86. The molecule has 1 unspecified atom stereocenters. The van der Waals surface area contributed by atoms with E-state index in [1.807, 2.05) is 36.4 Å². The molecule has 0 bridgehead atoms. The van der Waals surface area contributed by atoms with Crippen LogP contribution in [0.15, 0.2) is 79.1 Å². The molecule has 0 spiro atoms. The molecule has 0 saturated heterocycles. The standard InChI is InChI=1S/C20H19N3O2/c1-15(16-6-3-2-4-7-16)22-20(17-10-12-21-13-11-17)18-8-5-9-19(14-18)23(24)25/h2-15,20,22H,1H3/t15-,20?/m0/s1. The van der Waals surface area contributed by atoms with E-state index in [2.05, 4.69) is 29.4 Å². The van der Waals surface area contributed by atoms with Crippen molar-refractivity contribution in [3.8, 4) is 0 Å². The Morgan fingerprint density at radius 1 is 0.920 bits per heavy atom. The number of benzene rings is 2.